The van der Waals surface area contributed by atoms with E-state index in [0.717, 1.165) is 66.0 Å². The molecule has 0 unspecified atom stereocenters. The number of imide groups is 1. The Labute approximate surface area is 271 Å². The number of amides is 2. The maximum Gasteiger partial charge on any atom is 0.234 e. The summed E-state index contributed by atoms with van der Waals surface area (Å²) in [6.07, 6.45) is 8.14. The molecule has 46 heavy (non-hydrogen) atoms. The highest BCUT2D eigenvalue weighted by molar-refractivity contribution is 6.06. The van der Waals surface area contributed by atoms with E-state index < -0.39 is 23.9 Å². The van der Waals surface area contributed by atoms with Crippen molar-refractivity contribution in [1.29, 1.82) is 0 Å². The van der Waals surface area contributed by atoms with Crippen molar-refractivity contribution in [2.75, 3.05) is 13.2 Å². The molecule has 7 heteroatoms. The van der Waals surface area contributed by atoms with Gasteiger partial charge in [-0.1, -0.05) is 86.4 Å². The van der Waals surface area contributed by atoms with E-state index in [-0.39, 0.29) is 36.8 Å². The Kier molecular flexibility index (Phi) is 9.90. The van der Waals surface area contributed by atoms with E-state index in [1.165, 1.54) is 4.90 Å². The minimum atomic E-state index is -0.911. The highest BCUT2D eigenvalue weighted by Crippen LogP contribution is 2.48. The molecule has 0 radical (unpaired) electrons. The van der Waals surface area contributed by atoms with Crippen LogP contribution < -0.4 is 4.74 Å². The predicted molar refractivity (Wildman–Crippen MR) is 179 cm³/mol. The molecule has 242 valence electrons. The fourth-order valence-electron chi connectivity index (χ4n) is 7.98. The van der Waals surface area contributed by atoms with Crippen molar-refractivity contribution in [3.63, 3.8) is 0 Å². The topological polar surface area (TPSA) is 107 Å². The van der Waals surface area contributed by atoms with Gasteiger partial charge in [0.15, 0.2) is 0 Å². The van der Waals surface area contributed by atoms with Gasteiger partial charge >= 0.3 is 0 Å². The second-order valence-electron chi connectivity index (χ2n) is 13.1. The SMILES string of the molecule is CC/C(=C\c1ccc(O)c2ccccc12)CC[C@@H](O)C1=C(COc2ccccc2)C[C@H]2C(=O)N(C3CCCCC3)C(=O)[C@H]2[C@H]1CO. The van der Waals surface area contributed by atoms with Crippen LogP contribution in [0.2, 0.25) is 0 Å². The van der Waals surface area contributed by atoms with E-state index in [2.05, 4.69) is 13.0 Å². The largest absolute Gasteiger partial charge is 0.507 e. The van der Waals surface area contributed by atoms with Crippen LogP contribution in [0.25, 0.3) is 16.8 Å². The number of phenols is 1. The van der Waals surface area contributed by atoms with Gasteiger partial charge in [0.2, 0.25) is 11.8 Å². The van der Waals surface area contributed by atoms with Crippen molar-refractivity contribution in [3.8, 4) is 11.5 Å². The number of likely N-dealkylation sites (tertiary alicyclic amines) is 1. The van der Waals surface area contributed by atoms with Gasteiger partial charge in [-0.2, -0.15) is 0 Å². The van der Waals surface area contributed by atoms with E-state index in [0.29, 0.717) is 30.6 Å². The van der Waals surface area contributed by atoms with Crippen LogP contribution in [0.4, 0.5) is 0 Å². The molecule has 4 atom stereocenters. The van der Waals surface area contributed by atoms with Gasteiger partial charge in [0.1, 0.15) is 18.1 Å². The van der Waals surface area contributed by atoms with Gasteiger partial charge in [-0.3, -0.25) is 14.5 Å². The quantitative estimate of drug-likeness (QED) is 0.160. The molecule has 2 fully saturated rings. The number of nitrogens with zero attached hydrogens (tertiary/aromatic N) is 1. The zero-order chi connectivity index (χ0) is 32.2. The summed E-state index contributed by atoms with van der Waals surface area (Å²) in [6.45, 7) is 1.94. The number of fused-ring (bicyclic) bond motifs is 2. The summed E-state index contributed by atoms with van der Waals surface area (Å²) in [5.41, 5.74) is 3.59. The molecule has 7 nitrogen and oxygen atoms in total. The molecule has 6 rings (SSSR count). The summed E-state index contributed by atoms with van der Waals surface area (Å²) in [4.78, 5) is 29.3. The van der Waals surface area contributed by atoms with E-state index in [9.17, 15) is 24.9 Å². The van der Waals surface area contributed by atoms with Crippen LogP contribution in [0.15, 0.2) is 83.4 Å². The molecule has 3 aromatic carbocycles. The molecule has 3 aromatic rings. The second kappa shape index (κ2) is 14.2. The van der Waals surface area contributed by atoms with Crippen molar-refractivity contribution in [1.82, 2.24) is 4.90 Å². The third kappa shape index (κ3) is 6.36. The molecule has 1 saturated carbocycles. The Balaban J connectivity index is 1.28. The van der Waals surface area contributed by atoms with Crippen molar-refractivity contribution < 1.29 is 29.6 Å². The molecule has 3 N–H and O–H groups in total. The number of hydrogen-bond acceptors (Lipinski definition) is 6. The van der Waals surface area contributed by atoms with Crippen LogP contribution in [-0.2, 0) is 9.59 Å². The molecule has 0 aromatic heterocycles. The van der Waals surface area contributed by atoms with Gasteiger partial charge in [-0.25, -0.2) is 0 Å². The van der Waals surface area contributed by atoms with Gasteiger partial charge < -0.3 is 20.1 Å². The number of carbonyl (C=O) groups is 2. The summed E-state index contributed by atoms with van der Waals surface area (Å²) in [7, 11) is 0. The Morgan fingerprint density at radius 1 is 0.957 bits per heavy atom. The van der Waals surface area contributed by atoms with Gasteiger partial charge in [0.05, 0.1) is 24.5 Å². The molecule has 1 aliphatic heterocycles. The molecule has 2 amide bonds. The average Bonchev–Trinajstić information content (AvgIpc) is 3.35. The molecule has 0 bridgehead atoms. The van der Waals surface area contributed by atoms with Gasteiger partial charge in [0.25, 0.3) is 0 Å². The van der Waals surface area contributed by atoms with E-state index in [1.54, 1.807) is 6.07 Å². The Morgan fingerprint density at radius 3 is 2.39 bits per heavy atom. The summed E-state index contributed by atoms with van der Waals surface area (Å²) >= 11 is 0. The molecule has 3 aliphatic rings. The van der Waals surface area contributed by atoms with Crippen LogP contribution in [0.1, 0.15) is 70.3 Å². The molecule has 0 spiro atoms. The lowest BCUT2D eigenvalue weighted by Gasteiger charge is -2.36. The van der Waals surface area contributed by atoms with Gasteiger partial charge in [-0.15, -0.1) is 0 Å². The lowest BCUT2D eigenvalue weighted by molar-refractivity contribution is -0.143. The van der Waals surface area contributed by atoms with E-state index in [4.69, 9.17) is 4.74 Å². The second-order valence-corrected chi connectivity index (χ2v) is 13.1. The molecule has 1 saturated heterocycles. The first-order valence-corrected chi connectivity index (χ1v) is 16.9. The molecule has 2 aliphatic carbocycles. The number of aromatic hydroxyl groups is 1. The van der Waals surface area contributed by atoms with E-state index >= 15 is 0 Å². The zero-order valence-electron chi connectivity index (χ0n) is 26.6. The zero-order valence-corrected chi connectivity index (χ0v) is 26.6. The average molecular weight is 624 g/mol. The predicted octanol–water partition coefficient (Wildman–Crippen LogP) is 6.80. The van der Waals surface area contributed by atoms with Crippen molar-refractivity contribution >= 4 is 28.7 Å². The maximum absolute atomic E-state index is 14.0. The maximum atomic E-state index is 14.0. The van der Waals surface area contributed by atoms with Crippen LogP contribution in [0, 0.1) is 17.8 Å². The lowest BCUT2D eigenvalue weighted by Crippen LogP contribution is -2.42. The van der Waals surface area contributed by atoms with E-state index in [1.807, 2.05) is 60.7 Å². The number of aliphatic hydroxyl groups is 2. The van der Waals surface area contributed by atoms with Crippen molar-refractivity contribution in [2.45, 2.75) is 76.9 Å². The number of phenolic OH excluding ortho intramolecular Hbond substituents is 1. The van der Waals surface area contributed by atoms with Gasteiger partial charge in [-0.05, 0) is 78.8 Å². The number of allylic oxidation sites excluding steroid dienone is 1. The number of ether oxygens (including phenoxy) is 1. The lowest BCUT2D eigenvalue weighted by atomic mass is 9.68. The highest BCUT2D eigenvalue weighted by atomic mass is 16.5. The number of carbonyl (C=O) groups excluding carboxylic acids is 2. The molecule has 1 heterocycles. The van der Waals surface area contributed by atoms with Crippen LogP contribution >= 0.6 is 0 Å². The standard InChI is InChI=1S/C39H45NO6/c1-2-25(21-26-18-20-34(42)31-16-10-9-15-30(26)31)17-19-35(43)36-27(24-46-29-13-7-4-8-14-29)22-32-37(33(36)23-41)39(45)40(38(32)44)28-11-5-3-6-12-28/h4,7-10,13-16,18,20-21,28,32-33,35,37,41-43H,2-3,5-6,11-12,17,19,22-24H2,1H3/b25-21+/t32-,33+,35-,37-/m1/s1. The fourth-order valence-corrected chi connectivity index (χ4v) is 7.98. The van der Waals surface area contributed by atoms with Crippen LogP contribution in [0.5, 0.6) is 11.5 Å². The summed E-state index contributed by atoms with van der Waals surface area (Å²) < 4.78 is 6.16. The Hall–Kier alpha value is -3.94. The number of hydrogen-bond donors (Lipinski definition) is 3. The fraction of sp³-hybridized carbons (Fsp3) is 0.436. The third-order valence-corrected chi connectivity index (χ3v) is 10.4. The number of benzene rings is 3. The summed E-state index contributed by atoms with van der Waals surface area (Å²) in [6, 6.07) is 20.7. The summed E-state index contributed by atoms with van der Waals surface area (Å²) in [5, 5.41) is 34.8. The van der Waals surface area contributed by atoms with Crippen LogP contribution in [-0.4, -0.2) is 57.4 Å². The summed E-state index contributed by atoms with van der Waals surface area (Å²) in [5.74, 6) is -1.28. The molecular formula is C39H45NO6. The van der Waals surface area contributed by atoms with Crippen molar-refractivity contribution in [3.05, 3.63) is 89.0 Å². The monoisotopic (exact) mass is 623 g/mol. The smallest absolute Gasteiger partial charge is 0.234 e. The first-order chi connectivity index (χ1) is 22.4. The third-order valence-electron chi connectivity index (χ3n) is 10.4. The first kappa shape index (κ1) is 32.0. The number of aliphatic hydroxyl groups excluding tert-OH is 2. The number of para-hydroxylation sites is 1. The highest BCUT2D eigenvalue weighted by Gasteiger charge is 2.56. The first-order valence-electron chi connectivity index (χ1n) is 16.9. The normalized spacial score (nSPS) is 23.2. The number of rotatable bonds is 11. The van der Waals surface area contributed by atoms with Crippen molar-refractivity contribution in [2.24, 2.45) is 17.8 Å². The van der Waals surface area contributed by atoms with Crippen LogP contribution in [0.3, 0.4) is 0 Å². The minimum absolute atomic E-state index is 0.0793. The Bertz CT molecular complexity index is 1620. The minimum Gasteiger partial charge on any atom is -0.507 e. The Morgan fingerprint density at radius 2 is 1.67 bits per heavy atom. The molecular weight excluding hydrogens is 578 g/mol. The van der Waals surface area contributed by atoms with Gasteiger partial charge in [0, 0.05) is 17.3 Å².